The molecule has 71 valence electrons. The number of hydrogen-bond donors (Lipinski definition) is 1. The molecular weight excluding hydrogens is 191 g/mol. The number of benzene rings is 1. The maximum atomic E-state index is 12.7. The van der Waals surface area contributed by atoms with Gasteiger partial charge in [0.25, 0.3) is 0 Å². The molecule has 0 heterocycles. The van der Waals surface area contributed by atoms with E-state index in [1.807, 2.05) is 0 Å². The van der Waals surface area contributed by atoms with Crippen molar-refractivity contribution in [1.82, 2.24) is 0 Å². The second-order valence-corrected chi connectivity index (χ2v) is 3.43. The lowest BCUT2D eigenvalue weighted by Gasteiger charge is -2.14. The van der Waals surface area contributed by atoms with Gasteiger partial charge in [0.1, 0.15) is 5.82 Å². The van der Waals surface area contributed by atoms with Crippen LogP contribution in [0.5, 0.6) is 0 Å². The van der Waals surface area contributed by atoms with Crippen LogP contribution in [0, 0.1) is 12.7 Å². The molecule has 0 fully saturated rings. The molecule has 1 aromatic carbocycles. The molecule has 0 aromatic heterocycles. The predicted molar refractivity (Wildman–Crippen MR) is 51.2 cm³/mol. The second-order valence-electron chi connectivity index (χ2n) is 3.02. The van der Waals surface area contributed by atoms with E-state index in [4.69, 9.17) is 11.6 Å². The van der Waals surface area contributed by atoms with Crippen molar-refractivity contribution in [3.8, 4) is 0 Å². The van der Waals surface area contributed by atoms with Crippen molar-refractivity contribution in [3.63, 3.8) is 0 Å². The SMILES string of the molecule is [CH2]C(c1ccc(F)c(Cl)c1)C(C)O. The molecule has 0 aliphatic carbocycles. The van der Waals surface area contributed by atoms with Gasteiger partial charge in [-0.2, -0.15) is 0 Å². The molecule has 0 saturated carbocycles. The van der Waals surface area contributed by atoms with Crippen molar-refractivity contribution in [2.75, 3.05) is 0 Å². The van der Waals surface area contributed by atoms with Gasteiger partial charge in [0, 0.05) is 5.92 Å². The van der Waals surface area contributed by atoms with E-state index in [1.54, 1.807) is 13.0 Å². The fourth-order valence-electron chi connectivity index (χ4n) is 1.02. The van der Waals surface area contributed by atoms with Gasteiger partial charge in [-0.05, 0) is 31.5 Å². The zero-order chi connectivity index (χ0) is 10.0. The largest absolute Gasteiger partial charge is 0.393 e. The Morgan fingerprint density at radius 1 is 1.54 bits per heavy atom. The topological polar surface area (TPSA) is 20.2 Å². The molecule has 0 aliphatic heterocycles. The first-order chi connectivity index (χ1) is 6.02. The Bertz CT molecular complexity index is 299. The van der Waals surface area contributed by atoms with E-state index in [2.05, 4.69) is 6.92 Å². The van der Waals surface area contributed by atoms with Crippen molar-refractivity contribution < 1.29 is 9.50 Å². The first-order valence-electron chi connectivity index (χ1n) is 3.98. The number of aliphatic hydroxyl groups excluding tert-OH is 1. The molecule has 1 rings (SSSR count). The van der Waals surface area contributed by atoms with Crippen molar-refractivity contribution in [1.29, 1.82) is 0 Å². The third-order valence-electron chi connectivity index (χ3n) is 1.95. The first kappa shape index (κ1) is 10.5. The lowest BCUT2D eigenvalue weighted by Crippen LogP contribution is -2.11. The Morgan fingerprint density at radius 2 is 2.15 bits per heavy atom. The molecular formula is C10H11ClFO. The minimum absolute atomic E-state index is 0.0619. The van der Waals surface area contributed by atoms with Crippen LogP contribution in [-0.4, -0.2) is 11.2 Å². The Hall–Kier alpha value is -0.600. The number of aliphatic hydroxyl groups is 1. The summed E-state index contributed by atoms with van der Waals surface area (Å²) in [6.07, 6.45) is -0.568. The van der Waals surface area contributed by atoms with Gasteiger partial charge in [0.05, 0.1) is 11.1 Å². The van der Waals surface area contributed by atoms with Gasteiger partial charge in [-0.25, -0.2) is 4.39 Å². The number of halogens is 2. The van der Waals surface area contributed by atoms with Gasteiger partial charge in [-0.3, -0.25) is 0 Å². The van der Waals surface area contributed by atoms with Crippen molar-refractivity contribution in [2.45, 2.75) is 18.9 Å². The van der Waals surface area contributed by atoms with E-state index in [9.17, 15) is 9.50 Å². The van der Waals surface area contributed by atoms with Gasteiger partial charge < -0.3 is 5.11 Å². The maximum absolute atomic E-state index is 12.7. The van der Waals surface area contributed by atoms with Crippen LogP contribution < -0.4 is 0 Å². The quantitative estimate of drug-likeness (QED) is 0.780. The summed E-state index contributed by atoms with van der Waals surface area (Å²) in [5.74, 6) is -0.735. The third kappa shape index (κ3) is 2.42. The zero-order valence-corrected chi connectivity index (χ0v) is 8.05. The molecule has 0 amide bonds. The summed E-state index contributed by atoms with van der Waals surface area (Å²) < 4.78 is 12.7. The highest BCUT2D eigenvalue weighted by Gasteiger charge is 2.12. The summed E-state index contributed by atoms with van der Waals surface area (Å²) in [6.45, 7) is 5.38. The Kier molecular flexibility index (Phi) is 3.28. The molecule has 13 heavy (non-hydrogen) atoms. The molecule has 3 heteroatoms. The van der Waals surface area contributed by atoms with Crippen LogP contribution in [0.2, 0.25) is 5.02 Å². The lowest BCUT2D eigenvalue weighted by atomic mass is 9.96. The van der Waals surface area contributed by atoms with Crippen LogP contribution in [0.4, 0.5) is 4.39 Å². The van der Waals surface area contributed by atoms with Crippen molar-refractivity contribution in [2.24, 2.45) is 0 Å². The monoisotopic (exact) mass is 201 g/mol. The Morgan fingerprint density at radius 3 is 2.62 bits per heavy atom. The summed E-state index contributed by atoms with van der Waals surface area (Å²) in [7, 11) is 0. The molecule has 1 aromatic rings. The molecule has 1 N–H and O–H groups in total. The van der Waals surface area contributed by atoms with Gasteiger partial charge >= 0.3 is 0 Å². The summed E-state index contributed by atoms with van der Waals surface area (Å²) in [6, 6.07) is 4.34. The van der Waals surface area contributed by atoms with Crippen LogP contribution in [0.1, 0.15) is 18.4 Å². The summed E-state index contributed by atoms with van der Waals surface area (Å²) >= 11 is 5.58. The zero-order valence-electron chi connectivity index (χ0n) is 7.30. The fraction of sp³-hybridized carbons (Fsp3) is 0.300. The minimum atomic E-state index is -0.568. The van der Waals surface area contributed by atoms with Gasteiger partial charge in [0.2, 0.25) is 0 Å². The molecule has 0 spiro atoms. The smallest absolute Gasteiger partial charge is 0.141 e. The van der Waals surface area contributed by atoms with Crippen LogP contribution in [0.3, 0.4) is 0 Å². The van der Waals surface area contributed by atoms with E-state index in [0.717, 1.165) is 5.56 Å². The standard InChI is InChI=1S/C10H11ClFO/c1-6(7(2)13)8-3-4-10(12)9(11)5-8/h3-7,13H,1H2,2H3. The van der Waals surface area contributed by atoms with Crippen LogP contribution in [0.25, 0.3) is 0 Å². The van der Waals surface area contributed by atoms with Gasteiger partial charge in [-0.1, -0.05) is 17.7 Å². The van der Waals surface area contributed by atoms with E-state index < -0.39 is 11.9 Å². The summed E-state index contributed by atoms with van der Waals surface area (Å²) in [5, 5.41) is 9.30. The van der Waals surface area contributed by atoms with Gasteiger partial charge in [0.15, 0.2) is 0 Å². The highest BCUT2D eigenvalue weighted by molar-refractivity contribution is 6.30. The molecule has 0 aliphatic rings. The number of hydrogen-bond acceptors (Lipinski definition) is 1. The van der Waals surface area contributed by atoms with Crippen molar-refractivity contribution in [3.05, 3.63) is 41.5 Å². The maximum Gasteiger partial charge on any atom is 0.141 e. The van der Waals surface area contributed by atoms with E-state index in [1.165, 1.54) is 12.1 Å². The Labute approximate surface area is 82.2 Å². The van der Waals surface area contributed by atoms with E-state index in [0.29, 0.717) is 0 Å². The molecule has 1 nitrogen and oxygen atoms in total. The first-order valence-corrected chi connectivity index (χ1v) is 4.36. The predicted octanol–water partition coefficient (Wildman–Crippen LogP) is 2.78. The highest BCUT2D eigenvalue weighted by Crippen LogP contribution is 2.23. The average molecular weight is 202 g/mol. The highest BCUT2D eigenvalue weighted by atomic mass is 35.5. The van der Waals surface area contributed by atoms with Crippen LogP contribution in [-0.2, 0) is 0 Å². The summed E-state index contributed by atoms with van der Waals surface area (Å²) in [4.78, 5) is 0. The Balaban J connectivity index is 2.97. The van der Waals surface area contributed by atoms with Crippen molar-refractivity contribution >= 4 is 11.6 Å². The molecule has 2 atom stereocenters. The minimum Gasteiger partial charge on any atom is -0.393 e. The molecule has 0 bridgehead atoms. The van der Waals surface area contributed by atoms with Crippen LogP contribution in [0.15, 0.2) is 18.2 Å². The van der Waals surface area contributed by atoms with E-state index >= 15 is 0 Å². The molecule has 1 radical (unpaired) electrons. The fourth-order valence-corrected chi connectivity index (χ4v) is 1.21. The molecule has 0 saturated heterocycles. The number of rotatable bonds is 2. The van der Waals surface area contributed by atoms with Gasteiger partial charge in [-0.15, -0.1) is 0 Å². The van der Waals surface area contributed by atoms with Crippen LogP contribution >= 0.6 is 11.6 Å². The third-order valence-corrected chi connectivity index (χ3v) is 2.24. The second kappa shape index (κ2) is 4.07. The normalized spacial score (nSPS) is 15.5. The van der Waals surface area contributed by atoms with E-state index in [-0.39, 0.29) is 10.9 Å². The lowest BCUT2D eigenvalue weighted by molar-refractivity contribution is 0.178. The summed E-state index contributed by atoms with van der Waals surface area (Å²) in [5.41, 5.74) is 0.737. The average Bonchev–Trinajstić information content (AvgIpc) is 2.08. The molecule has 2 unspecified atom stereocenters.